The second-order valence-electron chi connectivity index (χ2n) is 16.7. The second-order valence-corrected chi connectivity index (χ2v) is 17.7. The third-order valence-electron chi connectivity index (χ3n) is 10.9. The minimum absolute atomic E-state index is 0.0217. The molecule has 6 unspecified atom stereocenters. The van der Waals surface area contributed by atoms with E-state index in [0.29, 0.717) is 13.0 Å². The number of esters is 1. The molecule has 12 nitrogen and oxygen atoms in total. The van der Waals surface area contributed by atoms with Gasteiger partial charge in [0.2, 0.25) is 0 Å². The number of rotatable bonds is 42. The zero-order chi connectivity index (χ0) is 46.1. The Morgan fingerprint density at radius 3 is 1.62 bits per heavy atom. The Kier molecular flexibility index (Phi) is 38.5. The Morgan fingerprint density at radius 2 is 1.10 bits per heavy atom. The van der Waals surface area contributed by atoms with Crippen LogP contribution in [0.25, 0.3) is 0 Å². The van der Waals surface area contributed by atoms with E-state index in [4.69, 9.17) is 18.9 Å². The SMILES string of the molecule is CC/C=C\C/C=C\C/C=C\C/C=C\CCCCCCC(=O)OC(COCCCCCCCCCC/C=C\CCCCCCCCC)COC1OC(CO)C(O)C(OS(=O)(=O)O)C1O. The van der Waals surface area contributed by atoms with Gasteiger partial charge in [-0.1, -0.05) is 164 Å². The highest BCUT2D eigenvalue weighted by atomic mass is 32.3. The maximum Gasteiger partial charge on any atom is 0.397 e. The van der Waals surface area contributed by atoms with Crippen LogP contribution in [0.5, 0.6) is 0 Å². The van der Waals surface area contributed by atoms with Gasteiger partial charge in [-0.2, -0.15) is 8.42 Å². The van der Waals surface area contributed by atoms with Gasteiger partial charge in [-0.25, -0.2) is 4.18 Å². The van der Waals surface area contributed by atoms with Crippen LogP contribution in [-0.4, -0.2) is 97.5 Å². The fourth-order valence-corrected chi connectivity index (χ4v) is 7.70. The fraction of sp³-hybridized carbons (Fsp3) is 0.780. The summed E-state index contributed by atoms with van der Waals surface area (Å²) in [5.74, 6) is -0.424. The van der Waals surface area contributed by atoms with Crippen LogP contribution >= 0.6 is 0 Å². The molecule has 1 saturated heterocycles. The molecule has 1 heterocycles. The molecule has 0 bridgehead atoms. The van der Waals surface area contributed by atoms with Crippen molar-refractivity contribution in [3.63, 3.8) is 0 Å². The number of carbonyl (C=O) groups excluding carboxylic acids is 1. The quantitative estimate of drug-likeness (QED) is 0.0197. The van der Waals surface area contributed by atoms with Crippen LogP contribution in [-0.2, 0) is 38.3 Å². The first-order valence-corrected chi connectivity index (χ1v) is 25.9. The summed E-state index contributed by atoms with van der Waals surface area (Å²) in [6, 6.07) is 0. The zero-order valence-electron chi connectivity index (χ0n) is 39.1. The van der Waals surface area contributed by atoms with Crippen molar-refractivity contribution < 1.29 is 56.2 Å². The molecule has 4 N–H and O–H groups in total. The van der Waals surface area contributed by atoms with E-state index >= 15 is 0 Å². The van der Waals surface area contributed by atoms with Crippen molar-refractivity contribution in [2.24, 2.45) is 0 Å². The van der Waals surface area contributed by atoms with Crippen LogP contribution in [0.15, 0.2) is 60.8 Å². The van der Waals surface area contributed by atoms with Gasteiger partial charge >= 0.3 is 16.4 Å². The van der Waals surface area contributed by atoms with Gasteiger partial charge in [0.05, 0.1) is 19.8 Å². The monoisotopic (exact) mass is 913 g/mol. The number of aliphatic hydroxyl groups is 3. The first kappa shape index (κ1) is 58.8. The lowest BCUT2D eigenvalue weighted by molar-refractivity contribution is -0.301. The molecule has 0 saturated carbocycles. The van der Waals surface area contributed by atoms with Crippen molar-refractivity contribution in [3.05, 3.63) is 60.8 Å². The molecule has 1 aliphatic heterocycles. The van der Waals surface area contributed by atoms with Crippen LogP contribution in [0.4, 0.5) is 0 Å². The number of hydrogen-bond donors (Lipinski definition) is 4. The predicted molar refractivity (Wildman–Crippen MR) is 253 cm³/mol. The Hall–Kier alpha value is -2.20. The molecule has 0 aromatic heterocycles. The lowest BCUT2D eigenvalue weighted by Gasteiger charge is -2.41. The molecule has 0 aromatic carbocycles. The summed E-state index contributed by atoms with van der Waals surface area (Å²) in [6.07, 6.45) is 42.5. The Bertz CT molecular complexity index is 1330. The van der Waals surface area contributed by atoms with E-state index in [1.807, 2.05) is 0 Å². The molecule has 0 aliphatic carbocycles. The summed E-state index contributed by atoms with van der Waals surface area (Å²) in [5, 5.41) is 30.7. The first-order valence-electron chi connectivity index (χ1n) is 24.5. The smallest absolute Gasteiger partial charge is 0.397 e. The van der Waals surface area contributed by atoms with Gasteiger partial charge in [0.1, 0.15) is 30.5 Å². The molecule has 63 heavy (non-hydrogen) atoms. The van der Waals surface area contributed by atoms with E-state index in [9.17, 15) is 33.1 Å². The maximum atomic E-state index is 12.9. The number of hydrogen-bond acceptors (Lipinski definition) is 11. The summed E-state index contributed by atoms with van der Waals surface area (Å²) in [5.41, 5.74) is 0. The molecule has 6 atom stereocenters. The van der Waals surface area contributed by atoms with Crippen LogP contribution < -0.4 is 0 Å². The predicted octanol–water partition coefficient (Wildman–Crippen LogP) is 10.9. The number of unbranched alkanes of at least 4 members (excludes halogenated alkanes) is 19. The highest BCUT2D eigenvalue weighted by Gasteiger charge is 2.48. The standard InChI is InChI=1S/C50H88O12S/c1-3-5-7-9-11-13-15-17-19-21-22-24-26-28-30-32-34-36-38-40-58-42-44(43-59-50-48(54)49(62-63(55,56)57)47(53)45(41-51)61-50)60-46(52)39-37-35-33-31-29-27-25-23-20-18-16-14-12-10-8-6-4-2/h6,8,12,14,18-21,25,27,44-45,47-51,53-54H,3-5,7,9-11,13,15-17,22-24,26,28-43H2,1-2H3,(H,55,56,57)/b8-6-,14-12-,20-18-,21-19-,27-25-. The molecule has 13 heteroatoms. The van der Waals surface area contributed by atoms with E-state index in [2.05, 4.69) is 78.8 Å². The number of allylic oxidation sites excluding steroid dienone is 10. The Balaban J connectivity index is 2.41. The highest BCUT2D eigenvalue weighted by Crippen LogP contribution is 2.26. The summed E-state index contributed by atoms with van der Waals surface area (Å²) in [6.45, 7) is 3.84. The number of ether oxygens (including phenoxy) is 4. The Morgan fingerprint density at radius 1 is 0.619 bits per heavy atom. The van der Waals surface area contributed by atoms with Crippen LogP contribution in [0.2, 0.25) is 0 Å². The molecule has 366 valence electrons. The third-order valence-corrected chi connectivity index (χ3v) is 11.3. The van der Waals surface area contributed by atoms with Crippen molar-refractivity contribution in [3.8, 4) is 0 Å². The normalized spacial score (nSPS) is 20.4. The lowest BCUT2D eigenvalue weighted by atomic mass is 9.99. The van der Waals surface area contributed by atoms with Crippen molar-refractivity contribution in [2.75, 3.05) is 26.4 Å². The molecule has 1 fully saturated rings. The van der Waals surface area contributed by atoms with Gasteiger partial charge in [-0.05, 0) is 77.0 Å². The summed E-state index contributed by atoms with van der Waals surface area (Å²) >= 11 is 0. The minimum Gasteiger partial charge on any atom is -0.457 e. The average molecular weight is 913 g/mol. The largest absolute Gasteiger partial charge is 0.457 e. The van der Waals surface area contributed by atoms with E-state index in [1.165, 1.54) is 89.9 Å². The zero-order valence-corrected chi connectivity index (χ0v) is 39.9. The topological polar surface area (TPSA) is 178 Å². The highest BCUT2D eigenvalue weighted by molar-refractivity contribution is 7.80. The summed E-state index contributed by atoms with van der Waals surface area (Å²) < 4.78 is 59.2. The Labute approximate surface area is 382 Å². The molecule has 0 radical (unpaired) electrons. The summed E-state index contributed by atoms with van der Waals surface area (Å²) in [7, 11) is -5.07. The molecule has 0 spiro atoms. The van der Waals surface area contributed by atoms with E-state index < -0.39 is 59.8 Å². The van der Waals surface area contributed by atoms with Crippen molar-refractivity contribution in [2.45, 2.75) is 224 Å². The van der Waals surface area contributed by atoms with E-state index in [0.717, 1.165) is 70.6 Å². The van der Waals surface area contributed by atoms with Crippen molar-refractivity contribution >= 4 is 16.4 Å². The molecular formula is C50H88O12S. The fourth-order valence-electron chi connectivity index (χ4n) is 7.19. The van der Waals surface area contributed by atoms with Crippen LogP contribution in [0.3, 0.4) is 0 Å². The second kappa shape index (κ2) is 41.2. The first-order chi connectivity index (χ1) is 30.6. The van der Waals surface area contributed by atoms with Gasteiger partial charge in [-0.15, -0.1) is 0 Å². The van der Waals surface area contributed by atoms with Gasteiger partial charge in [0.25, 0.3) is 0 Å². The maximum absolute atomic E-state index is 12.9. The molecule has 1 rings (SSSR count). The number of aliphatic hydroxyl groups excluding tert-OH is 3. The summed E-state index contributed by atoms with van der Waals surface area (Å²) in [4.78, 5) is 12.9. The molecule has 0 aromatic rings. The molecule has 0 amide bonds. The van der Waals surface area contributed by atoms with E-state index in [1.54, 1.807) is 0 Å². The molecule has 1 aliphatic rings. The van der Waals surface area contributed by atoms with Crippen LogP contribution in [0.1, 0.15) is 187 Å². The van der Waals surface area contributed by atoms with Gasteiger partial charge in [0.15, 0.2) is 6.29 Å². The minimum atomic E-state index is -5.07. The van der Waals surface area contributed by atoms with Gasteiger partial charge in [0, 0.05) is 13.0 Å². The van der Waals surface area contributed by atoms with Gasteiger partial charge in [-0.3, -0.25) is 9.35 Å². The van der Waals surface area contributed by atoms with Crippen molar-refractivity contribution in [1.82, 2.24) is 0 Å². The average Bonchev–Trinajstić information content (AvgIpc) is 3.26. The van der Waals surface area contributed by atoms with Gasteiger partial charge < -0.3 is 34.3 Å². The lowest BCUT2D eigenvalue weighted by Crippen LogP contribution is -2.60. The molecular weight excluding hydrogens is 825 g/mol. The van der Waals surface area contributed by atoms with E-state index in [-0.39, 0.29) is 19.6 Å². The third kappa shape index (κ3) is 34.8. The van der Waals surface area contributed by atoms with Crippen molar-refractivity contribution in [1.29, 1.82) is 0 Å². The number of carbonyl (C=O) groups is 1. The van der Waals surface area contributed by atoms with Crippen LogP contribution in [0, 0.1) is 0 Å².